The third-order valence-corrected chi connectivity index (χ3v) is 11.2. The van der Waals surface area contributed by atoms with Gasteiger partial charge in [-0.1, -0.05) is 19.3 Å². The summed E-state index contributed by atoms with van der Waals surface area (Å²) in [7, 11) is 2.16. The highest BCUT2D eigenvalue weighted by Crippen LogP contribution is 2.51. The van der Waals surface area contributed by atoms with Gasteiger partial charge in [0.25, 0.3) is 5.91 Å². The van der Waals surface area contributed by atoms with Crippen molar-refractivity contribution in [3.05, 3.63) is 11.8 Å². The highest BCUT2D eigenvalue weighted by atomic mass is 19.1. The van der Waals surface area contributed by atoms with Crippen LogP contribution in [-0.4, -0.2) is 103 Å². The lowest BCUT2D eigenvalue weighted by Gasteiger charge is -2.62. The molecular weight excluding hydrogens is 539 g/mol. The molecule has 3 saturated carbocycles. The van der Waals surface area contributed by atoms with Gasteiger partial charge in [0.15, 0.2) is 5.78 Å². The fourth-order valence-corrected chi connectivity index (χ4v) is 9.18. The molecule has 3 aliphatic carbocycles. The van der Waals surface area contributed by atoms with E-state index in [9.17, 15) is 14.4 Å². The molecule has 10 heteroatoms. The second kappa shape index (κ2) is 12.9. The van der Waals surface area contributed by atoms with E-state index in [1.165, 1.54) is 32.1 Å². The van der Waals surface area contributed by atoms with Gasteiger partial charge in [-0.05, 0) is 83.8 Å². The second-order valence-electron chi connectivity index (χ2n) is 13.5. The van der Waals surface area contributed by atoms with Crippen molar-refractivity contribution in [2.45, 2.75) is 120 Å². The number of hydrogen-bond donors (Lipinski definition) is 2. The Bertz CT molecular complexity index is 1060. The SMILES string of the molecule is CCOC(=O)CCNC(=O)C1=CN2C3C(CCC4CCCCC43)OC3C(NCCC4CCCN4C)C(F)CC(C1=O)C32. The zero-order valence-corrected chi connectivity index (χ0v) is 25.3. The highest BCUT2D eigenvalue weighted by Gasteiger charge is 2.60. The predicted octanol–water partition coefficient (Wildman–Crippen LogP) is 2.73. The van der Waals surface area contributed by atoms with E-state index in [0.717, 1.165) is 32.2 Å². The summed E-state index contributed by atoms with van der Waals surface area (Å²) < 4.78 is 27.9. The van der Waals surface area contributed by atoms with Crippen molar-refractivity contribution in [1.82, 2.24) is 20.4 Å². The average Bonchev–Trinajstić information content (AvgIpc) is 3.39. The molecule has 234 valence electrons. The lowest BCUT2D eigenvalue weighted by Crippen LogP contribution is -2.74. The van der Waals surface area contributed by atoms with Crippen LogP contribution in [0.5, 0.6) is 0 Å². The van der Waals surface area contributed by atoms with Gasteiger partial charge in [0.1, 0.15) is 6.17 Å². The van der Waals surface area contributed by atoms with Crippen molar-refractivity contribution >= 4 is 17.7 Å². The van der Waals surface area contributed by atoms with E-state index in [1.54, 1.807) is 13.1 Å². The minimum absolute atomic E-state index is 0.0394. The number of fused-ring (bicyclic) bond motifs is 4. The molecule has 2 N–H and O–H groups in total. The number of Topliss-reactive ketones (excluding diaryl/α,β-unsaturated/α-hetero) is 1. The Labute approximate surface area is 249 Å². The van der Waals surface area contributed by atoms with Crippen LogP contribution in [0.3, 0.4) is 0 Å². The van der Waals surface area contributed by atoms with Gasteiger partial charge in [-0.3, -0.25) is 14.4 Å². The third-order valence-electron chi connectivity index (χ3n) is 11.2. The fourth-order valence-electron chi connectivity index (χ4n) is 9.18. The maximum absolute atomic E-state index is 16.0. The number of esters is 1. The monoisotopic (exact) mass is 588 g/mol. The van der Waals surface area contributed by atoms with Gasteiger partial charge >= 0.3 is 5.97 Å². The largest absolute Gasteiger partial charge is 0.466 e. The first-order chi connectivity index (χ1) is 20.4. The molecule has 6 aliphatic rings. The van der Waals surface area contributed by atoms with E-state index < -0.39 is 36.1 Å². The number of ketones is 1. The topological polar surface area (TPSA) is 100 Å². The smallest absolute Gasteiger partial charge is 0.307 e. The summed E-state index contributed by atoms with van der Waals surface area (Å²) >= 11 is 0. The van der Waals surface area contributed by atoms with Gasteiger partial charge in [0.2, 0.25) is 0 Å². The summed E-state index contributed by atoms with van der Waals surface area (Å²) in [5, 5.41) is 6.30. The number of rotatable bonds is 9. The lowest BCUT2D eigenvalue weighted by atomic mass is 9.63. The predicted molar refractivity (Wildman–Crippen MR) is 155 cm³/mol. The number of nitrogens with one attached hydrogen (secondary N) is 2. The van der Waals surface area contributed by atoms with Gasteiger partial charge in [-0.15, -0.1) is 0 Å². The first kappa shape index (κ1) is 30.0. The highest BCUT2D eigenvalue weighted by molar-refractivity contribution is 6.20. The Morgan fingerprint density at radius 1 is 1.10 bits per heavy atom. The quantitative estimate of drug-likeness (QED) is 0.314. The first-order valence-electron chi connectivity index (χ1n) is 16.6. The zero-order chi connectivity index (χ0) is 29.4. The Kier molecular flexibility index (Phi) is 9.22. The van der Waals surface area contributed by atoms with Crippen LogP contribution < -0.4 is 10.6 Å². The molecule has 0 spiro atoms. The van der Waals surface area contributed by atoms with E-state index in [1.807, 2.05) is 0 Å². The molecule has 0 aromatic carbocycles. The fraction of sp³-hybridized carbons (Fsp3) is 0.844. The van der Waals surface area contributed by atoms with E-state index in [0.29, 0.717) is 24.4 Å². The Balaban J connectivity index is 1.25. The average molecular weight is 589 g/mol. The Hall–Kier alpha value is -2.04. The van der Waals surface area contributed by atoms with Crippen molar-refractivity contribution in [1.29, 1.82) is 0 Å². The summed E-state index contributed by atoms with van der Waals surface area (Å²) in [6.07, 6.45) is 10.4. The lowest BCUT2D eigenvalue weighted by molar-refractivity contribution is -0.215. The Morgan fingerprint density at radius 3 is 2.71 bits per heavy atom. The molecule has 3 aliphatic heterocycles. The number of morpholine rings is 1. The van der Waals surface area contributed by atoms with E-state index >= 15 is 4.39 Å². The number of likely N-dealkylation sites (tertiary alicyclic amines) is 1. The minimum atomic E-state index is -1.24. The number of carbonyl (C=O) groups is 3. The minimum Gasteiger partial charge on any atom is -0.466 e. The second-order valence-corrected chi connectivity index (χ2v) is 13.5. The maximum Gasteiger partial charge on any atom is 0.307 e. The molecule has 3 heterocycles. The van der Waals surface area contributed by atoms with E-state index in [4.69, 9.17) is 9.47 Å². The summed E-state index contributed by atoms with van der Waals surface area (Å²) in [5.41, 5.74) is 0.0836. The standard InChI is InChI=1S/C32H49FN4O5/c1-3-41-26(38)13-15-35-32(40)23-18-37-28-21-9-5-4-7-19(21)10-11-25(28)42-31-27(24(33)17-22(29(31)37)30(23)39)34-14-12-20-8-6-16-36(20)2/h18-22,24-25,27-29,31,34H,3-17H2,1-2H3,(H,35,40). The summed E-state index contributed by atoms with van der Waals surface area (Å²) in [5.74, 6) is -0.747. The molecule has 42 heavy (non-hydrogen) atoms. The van der Waals surface area contributed by atoms with Crippen LogP contribution in [-0.2, 0) is 23.9 Å². The van der Waals surface area contributed by atoms with Crippen molar-refractivity contribution in [2.75, 3.05) is 33.3 Å². The summed E-state index contributed by atoms with van der Waals surface area (Å²) in [6, 6.07) is -0.154. The number of ether oxygens (including phenoxy) is 2. The van der Waals surface area contributed by atoms with Crippen LogP contribution in [0.25, 0.3) is 0 Å². The molecular formula is C32H49FN4O5. The van der Waals surface area contributed by atoms with Crippen LogP contribution in [0.2, 0.25) is 0 Å². The van der Waals surface area contributed by atoms with Crippen LogP contribution >= 0.6 is 0 Å². The van der Waals surface area contributed by atoms with Crippen molar-refractivity contribution in [3.8, 4) is 0 Å². The molecule has 0 bridgehead atoms. The molecule has 0 radical (unpaired) electrons. The van der Waals surface area contributed by atoms with Crippen molar-refractivity contribution < 1.29 is 28.2 Å². The molecule has 1 amide bonds. The van der Waals surface area contributed by atoms with Crippen molar-refractivity contribution in [3.63, 3.8) is 0 Å². The van der Waals surface area contributed by atoms with E-state index in [2.05, 4.69) is 27.5 Å². The first-order valence-corrected chi connectivity index (χ1v) is 16.6. The number of halogens is 1. The van der Waals surface area contributed by atoms with Crippen LogP contribution in [0.15, 0.2) is 11.8 Å². The summed E-state index contributed by atoms with van der Waals surface area (Å²) in [4.78, 5) is 43.7. The maximum atomic E-state index is 16.0. The molecule has 0 aromatic heterocycles. The number of carbonyl (C=O) groups excluding carboxylic acids is 3. The molecule has 9 nitrogen and oxygen atoms in total. The number of nitrogens with zero attached hydrogens (tertiary/aromatic N) is 2. The van der Waals surface area contributed by atoms with Gasteiger partial charge in [-0.25, -0.2) is 4.39 Å². The summed E-state index contributed by atoms with van der Waals surface area (Å²) in [6.45, 7) is 3.93. The molecule has 10 unspecified atom stereocenters. The number of hydrogen-bond acceptors (Lipinski definition) is 8. The molecule has 5 fully saturated rings. The van der Waals surface area contributed by atoms with Crippen molar-refractivity contribution in [2.24, 2.45) is 17.8 Å². The number of alkyl halides is 1. The number of amides is 1. The molecule has 2 saturated heterocycles. The van der Waals surface area contributed by atoms with Gasteiger partial charge in [0.05, 0.1) is 48.9 Å². The third kappa shape index (κ3) is 5.75. The normalized spacial score (nSPS) is 39.5. The van der Waals surface area contributed by atoms with Crippen LogP contribution in [0, 0.1) is 17.8 Å². The molecule has 10 atom stereocenters. The Morgan fingerprint density at radius 2 is 1.93 bits per heavy atom. The van der Waals surface area contributed by atoms with Crippen LogP contribution in [0.1, 0.15) is 77.6 Å². The zero-order valence-electron chi connectivity index (χ0n) is 25.3. The molecule has 0 aromatic rings. The van der Waals surface area contributed by atoms with Gasteiger partial charge in [0, 0.05) is 24.7 Å². The van der Waals surface area contributed by atoms with Crippen LogP contribution in [0.4, 0.5) is 4.39 Å². The van der Waals surface area contributed by atoms with Gasteiger partial charge < -0.3 is 29.9 Å². The van der Waals surface area contributed by atoms with Gasteiger partial charge in [-0.2, -0.15) is 0 Å². The van der Waals surface area contributed by atoms with E-state index in [-0.39, 0.29) is 55.5 Å². The molecule has 6 rings (SSSR count).